The molecule has 0 aromatic heterocycles. The summed E-state index contributed by atoms with van der Waals surface area (Å²) >= 11 is 12.2. The zero-order chi connectivity index (χ0) is 15.4. The van der Waals surface area contributed by atoms with E-state index in [4.69, 9.17) is 27.9 Å². The normalized spacial score (nSPS) is 12.2. The third kappa shape index (κ3) is 4.13. The van der Waals surface area contributed by atoms with Gasteiger partial charge in [-0.3, -0.25) is 0 Å². The molecule has 2 rings (SSSR count). The van der Waals surface area contributed by atoms with Crippen molar-refractivity contribution in [3.8, 4) is 5.75 Å². The maximum absolute atomic E-state index is 6.24. The maximum atomic E-state index is 6.24. The Bertz CT molecular complexity index is 628. The van der Waals surface area contributed by atoms with Crippen LogP contribution in [0.2, 0.25) is 10.0 Å². The minimum atomic E-state index is 0.125. The van der Waals surface area contributed by atoms with Crippen LogP contribution in [0, 0.1) is 6.92 Å². The zero-order valence-electron chi connectivity index (χ0n) is 12.4. The number of halogens is 2. The summed E-state index contributed by atoms with van der Waals surface area (Å²) in [6, 6.07) is 11.9. The summed E-state index contributed by atoms with van der Waals surface area (Å²) in [5, 5.41) is 4.80. The van der Waals surface area contributed by atoms with Crippen LogP contribution in [0.3, 0.4) is 0 Å². The Labute approximate surface area is 136 Å². The molecule has 0 spiro atoms. The number of nitrogens with one attached hydrogen (secondary N) is 1. The van der Waals surface area contributed by atoms with Crippen LogP contribution in [0.25, 0.3) is 0 Å². The number of hydrogen-bond donors (Lipinski definition) is 1. The molecule has 0 radical (unpaired) electrons. The molecular formula is C17H19Cl2NO. The van der Waals surface area contributed by atoms with Crippen LogP contribution in [-0.2, 0) is 6.54 Å². The molecule has 0 saturated carbocycles. The minimum Gasteiger partial charge on any atom is -0.496 e. The Hall–Kier alpha value is -1.22. The number of hydrogen-bond acceptors (Lipinski definition) is 2. The Morgan fingerprint density at radius 2 is 1.90 bits per heavy atom. The number of ether oxygens (including phenoxy) is 1. The van der Waals surface area contributed by atoms with Crippen molar-refractivity contribution in [2.75, 3.05) is 7.11 Å². The Morgan fingerprint density at radius 3 is 2.57 bits per heavy atom. The lowest BCUT2D eigenvalue weighted by Gasteiger charge is -2.17. The molecule has 2 aromatic rings. The molecule has 0 amide bonds. The molecule has 1 atom stereocenters. The van der Waals surface area contributed by atoms with Gasteiger partial charge in [-0.2, -0.15) is 0 Å². The summed E-state index contributed by atoms with van der Waals surface area (Å²) in [5.74, 6) is 0.891. The molecule has 112 valence electrons. The highest BCUT2D eigenvalue weighted by molar-refractivity contribution is 6.35. The van der Waals surface area contributed by atoms with E-state index in [1.54, 1.807) is 13.2 Å². The maximum Gasteiger partial charge on any atom is 0.123 e. The second kappa shape index (κ2) is 7.17. The van der Waals surface area contributed by atoms with Gasteiger partial charge in [-0.05, 0) is 37.6 Å². The van der Waals surface area contributed by atoms with Gasteiger partial charge in [0.05, 0.1) is 7.11 Å². The molecule has 1 unspecified atom stereocenters. The van der Waals surface area contributed by atoms with Crippen LogP contribution in [0.15, 0.2) is 36.4 Å². The number of methoxy groups -OCH3 is 1. The summed E-state index contributed by atoms with van der Waals surface area (Å²) < 4.78 is 5.39. The average molecular weight is 324 g/mol. The first-order valence-corrected chi connectivity index (χ1v) is 7.58. The first kappa shape index (κ1) is 16.2. The third-order valence-electron chi connectivity index (χ3n) is 3.46. The van der Waals surface area contributed by atoms with E-state index in [2.05, 4.69) is 25.2 Å². The first-order valence-electron chi connectivity index (χ1n) is 6.83. The largest absolute Gasteiger partial charge is 0.496 e. The quantitative estimate of drug-likeness (QED) is 0.820. The molecule has 1 N–H and O–H groups in total. The smallest absolute Gasteiger partial charge is 0.123 e. The molecule has 4 heteroatoms. The highest BCUT2D eigenvalue weighted by atomic mass is 35.5. The summed E-state index contributed by atoms with van der Waals surface area (Å²) in [6.45, 7) is 4.87. The fourth-order valence-corrected chi connectivity index (χ4v) is 2.84. The first-order chi connectivity index (χ1) is 10.0. The fraction of sp³-hybridized carbons (Fsp3) is 0.294. The lowest BCUT2D eigenvalue weighted by atomic mass is 10.1. The van der Waals surface area contributed by atoms with Crippen LogP contribution in [0.5, 0.6) is 5.75 Å². The van der Waals surface area contributed by atoms with Gasteiger partial charge in [0.15, 0.2) is 0 Å². The van der Waals surface area contributed by atoms with Gasteiger partial charge in [-0.1, -0.05) is 47.0 Å². The van der Waals surface area contributed by atoms with Crippen molar-refractivity contribution in [2.24, 2.45) is 0 Å². The van der Waals surface area contributed by atoms with E-state index in [1.807, 2.05) is 24.3 Å². The molecular weight excluding hydrogens is 305 g/mol. The van der Waals surface area contributed by atoms with E-state index < -0.39 is 0 Å². The second-order valence-electron chi connectivity index (χ2n) is 5.08. The van der Waals surface area contributed by atoms with Crippen molar-refractivity contribution >= 4 is 23.2 Å². The topological polar surface area (TPSA) is 21.3 Å². The summed E-state index contributed by atoms with van der Waals surface area (Å²) in [4.78, 5) is 0. The molecule has 21 heavy (non-hydrogen) atoms. The summed E-state index contributed by atoms with van der Waals surface area (Å²) in [6.07, 6.45) is 0. The van der Waals surface area contributed by atoms with Crippen molar-refractivity contribution in [3.63, 3.8) is 0 Å². The third-order valence-corrected chi connectivity index (χ3v) is 4.03. The Morgan fingerprint density at radius 1 is 1.14 bits per heavy atom. The van der Waals surface area contributed by atoms with E-state index in [-0.39, 0.29) is 6.04 Å². The van der Waals surface area contributed by atoms with Crippen LogP contribution in [-0.4, -0.2) is 7.11 Å². The number of rotatable bonds is 5. The minimum absolute atomic E-state index is 0.125. The van der Waals surface area contributed by atoms with Crippen LogP contribution < -0.4 is 10.1 Å². The van der Waals surface area contributed by atoms with E-state index in [0.29, 0.717) is 16.6 Å². The lowest BCUT2D eigenvalue weighted by molar-refractivity contribution is 0.406. The molecule has 0 bridgehead atoms. The van der Waals surface area contributed by atoms with Gasteiger partial charge < -0.3 is 10.1 Å². The Balaban J connectivity index is 2.10. The monoisotopic (exact) mass is 323 g/mol. The molecule has 0 heterocycles. The predicted octanol–water partition coefficient (Wildman–Crippen LogP) is 5.16. The van der Waals surface area contributed by atoms with Crippen molar-refractivity contribution in [1.82, 2.24) is 5.32 Å². The van der Waals surface area contributed by atoms with Gasteiger partial charge in [0, 0.05) is 28.2 Å². The molecule has 0 aliphatic heterocycles. The molecule has 0 saturated heterocycles. The number of aryl methyl sites for hydroxylation is 1. The van der Waals surface area contributed by atoms with Crippen molar-refractivity contribution < 1.29 is 4.74 Å². The number of benzene rings is 2. The van der Waals surface area contributed by atoms with Gasteiger partial charge in [0.1, 0.15) is 5.75 Å². The standard InChI is InChI=1S/C17H19Cl2NO/c1-11-4-7-17(21-3)13(8-11)10-20-12(2)15-6-5-14(18)9-16(15)19/h4-9,12,20H,10H2,1-3H3. The van der Waals surface area contributed by atoms with Gasteiger partial charge >= 0.3 is 0 Å². The Kier molecular flexibility index (Phi) is 5.51. The second-order valence-corrected chi connectivity index (χ2v) is 5.93. The van der Waals surface area contributed by atoms with E-state index in [1.165, 1.54) is 5.56 Å². The molecule has 0 aliphatic carbocycles. The van der Waals surface area contributed by atoms with Crippen molar-refractivity contribution in [1.29, 1.82) is 0 Å². The SMILES string of the molecule is COc1ccc(C)cc1CNC(C)c1ccc(Cl)cc1Cl. The summed E-state index contributed by atoms with van der Waals surface area (Å²) in [7, 11) is 1.69. The van der Waals surface area contributed by atoms with E-state index in [9.17, 15) is 0 Å². The fourth-order valence-electron chi connectivity index (χ4n) is 2.27. The van der Waals surface area contributed by atoms with Crippen molar-refractivity contribution in [2.45, 2.75) is 26.4 Å². The van der Waals surface area contributed by atoms with Gasteiger partial charge in [-0.25, -0.2) is 0 Å². The summed E-state index contributed by atoms with van der Waals surface area (Å²) in [5.41, 5.74) is 3.38. The lowest BCUT2D eigenvalue weighted by Crippen LogP contribution is -2.19. The van der Waals surface area contributed by atoms with E-state index >= 15 is 0 Å². The van der Waals surface area contributed by atoms with Crippen LogP contribution >= 0.6 is 23.2 Å². The van der Waals surface area contributed by atoms with Gasteiger partial charge in [0.25, 0.3) is 0 Å². The highest BCUT2D eigenvalue weighted by Gasteiger charge is 2.11. The van der Waals surface area contributed by atoms with Gasteiger partial charge in [0.2, 0.25) is 0 Å². The van der Waals surface area contributed by atoms with Crippen LogP contribution in [0.4, 0.5) is 0 Å². The zero-order valence-corrected chi connectivity index (χ0v) is 13.9. The highest BCUT2D eigenvalue weighted by Crippen LogP contribution is 2.27. The molecule has 0 aliphatic rings. The molecule has 2 nitrogen and oxygen atoms in total. The van der Waals surface area contributed by atoms with E-state index in [0.717, 1.165) is 16.9 Å². The average Bonchev–Trinajstić information content (AvgIpc) is 2.45. The predicted molar refractivity (Wildman–Crippen MR) is 89.4 cm³/mol. The van der Waals surface area contributed by atoms with Crippen molar-refractivity contribution in [3.05, 3.63) is 63.1 Å². The molecule has 0 fully saturated rings. The van der Waals surface area contributed by atoms with Gasteiger partial charge in [-0.15, -0.1) is 0 Å². The molecule has 2 aromatic carbocycles. The van der Waals surface area contributed by atoms with Crippen LogP contribution in [0.1, 0.15) is 29.7 Å².